The molecule has 0 fully saturated rings. The van der Waals surface area contributed by atoms with Gasteiger partial charge < -0.3 is 20.5 Å². The molecule has 7 nitrogen and oxygen atoms in total. The molecule has 0 aromatic carbocycles. The number of aliphatic hydroxyl groups is 1. The summed E-state index contributed by atoms with van der Waals surface area (Å²) in [6.45, 7) is 5.52. The molecule has 0 radical (unpaired) electrons. The molecule has 122 valence electrons. The average Bonchev–Trinajstić information content (AvgIpc) is 2.37. The molecular formula is C15H23N3O4. The molecule has 0 unspecified atom stereocenters. The second-order valence-electron chi connectivity index (χ2n) is 5.75. The van der Waals surface area contributed by atoms with E-state index in [4.69, 9.17) is 9.84 Å². The Bertz CT molecular complexity index is 512. The molecule has 0 atom stereocenters. The molecule has 1 aromatic heterocycles. The Kier molecular flexibility index (Phi) is 6.78. The minimum Gasteiger partial charge on any atom is -0.444 e. The average molecular weight is 309 g/mol. The van der Waals surface area contributed by atoms with Crippen molar-refractivity contribution in [3.8, 4) is 0 Å². The van der Waals surface area contributed by atoms with E-state index in [0.717, 1.165) is 5.56 Å². The van der Waals surface area contributed by atoms with Gasteiger partial charge >= 0.3 is 6.09 Å². The van der Waals surface area contributed by atoms with Crippen molar-refractivity contribution in [3.63, 3.8) is 0 Å². The standard InChI is InChI=1S/C15H23N3O4/c1-15(2,3)22-14(21)17-8-5-13(20)18-12-10-11(6-9-19)4-7-16-12/h4,7,10,19H,5-6,8-9H2,1-3H3,(H,17,21)(H,16,18,20). The Labute approximate surface area is 130 Å². The van der Waals surface area contributed by atoms with Crippen molar-refractivity contribution in [2.75, 3.05) is 18.5 Å². The van der Waals surface area contributed by atoms with Crippen LogP contribution in [0.3, 0.4) is 0 Å². The van der Waals surface area contributed by atoms with Crippen molar-refractivity contribution in [1.82, 2.24) is 10.3 Å². The molecule has 1 rings (SSSR count). The van der Waals surface area contributed by atoms with E-state index in [1.54, 1.807) is 39.1 Å². The van der Waals surface area contributed by atoms with Gasteiger partial charge in [0.25, 0.3) is 0 Å². The molecule has 0 aliphatic rings. The Morgan fingerprint density at radius 1 is 1.36 bits per heavy atom. The number of amides is 2. The van der Waals surface area contributed by atoms with Gasteiger partial charge in [0.05, 0.1) is 0 Å². The largest absolute Gasteiger partial charge is 0.444 e. The van der Waals surface area contributed by atoms with Gasteiger partial charge in [-0.15, -0.1) is 0 Å². The molecule has 3 N–H and O–H groups in total. The molecule has 0 aliphatic carbocycles. The first-order valence-corrected chi connectivity index (χ1v) is 7.12. The number of aromatic nitrogens is 1. The van der Waals surface area contributed by atoms with E-state index in [2.05, 4.69) is 15.6 Å². The Morgan fingerprint density at radius 3 is 2.73 bits per heavy atom. The molecule has 0 saturated carbocycles. The van der Waals surface area contributed by atoms with Crippen LogP contribution >= 0.6 is 0 Å². The first-order valence-electron chi connectivity index (χ1n) is 7.12. The zero-order valence-corrected chi connectivity index (χ0v) is 13.2. The van der Waals surface area contributed by atoms with Crippen molar-refractivity contribution < 1.29 is 19.4 Å². The third kappa shape index (κ3) is 7.58. The van der Waals surface area contributed by atoms with Crippen LogP contribution in [-0.2, 0) is 16.0 Å². The third-order valence-electron chi connectivity index (χ3n) is 2.51. The van der Waals surface area contributed by atoms with Crippen LogP contribution in [0.5, 0.6) is 0 Å². The van der Waals surface area contributed by atoms with Crippen LogP contribution in [0.2, 0.25) is 0 Å². The fourth-order valence-corrected chi connectivity index (χ4v) is 1.62. The van der Waals surface area contributed by atoms with Gasteiger partial charge in [-0.2, -0.15) is 0 Å². The van der Waals surface area contributed by atoms with E-state index < -0.39 is 11.7 Å². The molecule has 0 bridgehead atoms. The van der Waals surface area contributed by atoms with Gasteiger partial charge in [0.1, 0.15) is 11.4 Å². The number of anilines is 1. The van der Waals surface area contributed by atoms with Gasteiger partial charge in [-0.3, -0.25) is 4.79 Å². The highest BCUT2D eigenvalue weighted by Gasteiger charge is 2.15. The van der Waals surface area contributed by atoms with Crippen LogP contribution in [0, 0.1) is 0 Å². The molecule has 0 spiro atoms. The number of ether oxygens (including phenoxy) is 1. The Morgan fingerprint density at radius 2 is 2.09 bits per heavy atom. The van der Waals surface area contributed by atoms with E-state index in [1.165, 1.54) is 0 Å². The number of alkyl carbamates (subject to hydrolysis) is 1. The number of aliphatic hydroxyl groups excluding tert-OH is 1. The number of nitrogens with zero attached hydrogens (tertiary/aromatic N) is 1. The molecule has 0 saturated heterocycles. The minimum absolute atomic E-state index is 0.0389. The lowest BCUT2D eigenvalue weighted by Crippen LogP contribution is -2.34. The summed E-state index contributed by atoms with van der Waals surface area (Å²) < 4.78 is 5.06. The first-order chi connectivity index (χ1) is 10.3. The maximum absolute atomic E-state index is 11.8. The number of nitrogens with one attached hydrogen (secondary N) is 2. The lowest BCUT2D eigenvalue weighted by Gasteiger charge is -2.19. The van der Waals surface area contributed by atoms with Crippen molar-refractivity contribution in [1.29, 1.82) is 0 Å². The van der Waals surface area contributed by atoms with Crippen LogP contribution in [0.1, 0.15) is 32.8 Å². The maximum atomic E-state index is 11.8. The fraction of sp³-hybridized carbons (Fsp3) is 0.533. The van der Waals surface area contributed by atoms with Crippen molar-refractivity contribution in [2.24, 2.45) is 0 Å². The van der Waals surface area contributed by atoms with Gasteiger partial charge in [0.2, 0.25) is 5.91 Å². The smallest absolute Gasteiger partial charge is 0.407 e. The second-order valence-corrected chi connectivity index (χ2v) is 5.75. The van der Waals surface area contributed by atoms with Crippen LogP contribution < -0.4 is 10.6 Å². The summed E-state index contributed by atoms with van der Waals surface area (Å²) in [5, 5.41) is 14.0. The molecule has 2 amide bonds. The monoisotopic (exact) mass is 309 g/mol. The highest BCUT2D eigenvalue weighted by molar-refractivity contribution is 5.90. The molecule has 0 aliphatic heterocycles. The minimum atomic E-state index is -0.566. The summed E-state index contributed by atoms with van der Waals surface area (Å²) in [4.78, 5) is 27.2. The highest BCUT2D eigenvalue weighted by Crippen LogP contribution is 2.08. The molecule has 22 heavy (non-hydrogen) atoms. The number of hydrogen-bond acceptors (Lipinski definition) is 5. The highest BCUT2D eigenvalue weighted by atomic mass is 16.6. The SMILES string of the molecule is CC(C)(C)OC(=O)NCCC(=O)Nc1cc(CCO)ccn1. The van der Waals surface area contributed by atoms with E-state index in [0.29, 0.717) is 12.2 Å². The number of rotatable bonds is 6. The van der Waals surface area contributed by atoms with E-state index in [-0.39, 0.29) is 25.5 Å². The van der Waals surface area contributed by atoms with Gasteiger partial charge in [-0.1, -0.05) is 0 Å². The van der Waals surface area contributed by atoms with Crippen molar-refractivity contribution in [2.45, 2.75) is 39.2 Å². The summed E-state index contributed by atoms with van der Waals surface area (Å²) in [7, 11) is 0. The number of pyridine rings is 1. The molecular weight excluding hydrogens is 286 g/mol. The number of carbonyl (C=O) groups is 2. The van der Waals surface area contributed by atoms with E-state index in [9.17, 15) is 9.59 Å². The molecule has 7 heteroatoms. The Balaban J connectivity index is 2.34. The van der Waals surface area contributed by atoms with Gasteiger partial charge in [-0.05, 0) is 44.9 Å². The van der Waals surface area contributed by atoms with Crippen molar-refractivity contribution in [3.05, 3.63) is 23.9 Å². The van der Waals surface area contributed by atoms with Gasteiger partial charge in [-0.25, -0.2) is 9.78 Å². The summed E-state index contributed by atoms with van der Waals surface area (Å²) >= 11 is 0. The lowest BCUT2D eigenvalue weighted by molar-refractivity contribution is -0.116. The maximum Gasteiger partial charge on any atom is 0.407 e. The zero-order chi connectivity index (χ0) is 16.6. The topological polar surface area (TPSA) is 101 Å². The zero-order valence-electron chi connectivity index (χ0n) is 13.2. The summed E-state index contributed by atoms with van der Waals surface area (Å²) in [5.74, 6) is 0.165. The predicted molar refractivity (Wildman–Crippen MR) is 82.5 cm³/mol. The van der Waals surface area contributed by atoms with Crippen LogP contribution in [0.4, 0.5) is 10.6 Å². The molecule has 1 heterocycles. The fourth-order valence-electron chi connectivity index (χ4n) is 1.62. The normalized spacial score (nSPS) is 10.9. The number of hydrogen-bond donors (Lipinski definition) is 3. The Hall–Kier alpha value is -2.15. The lowest BCUT2D eigenvalue weighted by atomic mass is 10.2. The van der Waals surface area contributed by atoms with Crippen LogP contribution in [0.25, 0.3) is 0 Å². The quantitative estimate of drug-likeness (QED) is 0.739. The number of carbonyl (C=O) groups excluding carboxylic acids is 2. The van der Waals surface area contributed by atoms with Gasteiger partial charge in [0.15, 0.2) is 0 Å². The summed E-state index contributed by atoms with van der Waals surface area (Å²) in [5.41, 5.74) is 0.323. The van der Waals surface area contributed by atoms with Gasteiger partial charge in [0, 0.05) is 25.8 Å². The summed E-state index contributed by atoms with van der Waals surface area (Å²) in [6, 6.07) is 3.48. The van der Waals surface area contributed by atoms with Crippen LogP contribution in [-0.4, -0.2) is 40.8 Å². The first kappa shape index (κ1) is 17.9. The van der Waals surface area contributed by atoms with Crippen molar-refractivity contribution >= 4 is 17.8 Å². The third-order valence-corrected chi connectivity index (χ3v) is 2.51. The van der Waals surface area contributed by atoms with E-state index in [1.807, 2.05) is 0 Å². The molecule has 1 aromatic rings. The van der Waals surface area contributed by atoms with Crippen LogP contribution in [0.15, 0.2) is 18.3 Å². The predicted octanol–water partition coefficient (Wildman–Crippen LogP) is 1.47. The summed E-state index contributed by atoms with van der Waals surface area (Å²) in [6.07, 6.45) is 1.64. The van der Waals surface area contributed by atoms with E-state index >= 15 is 0 Å². The second kappa shape index (κ2) is 8.33.